The predicted octanol–water partition coefficient (Wildman–Crippen LogP) is 5.01. The van der Waals surface area contributed by atoms with E-state index in [1.165, 1.54) is 0 Å². The summed E-state index contributed by atoms with van der Waals surface area (Å²) in [6, 6.07) is 7.13. The van der Waals surface area contributed by atoms with Crippen LogP contribution in [0, 0.1) is 23.3 Å². The summed E-state index contributed by atoms with van der Waals surface area (Å²) in [5.74, 6) is -8.02. The molecule has 0 aliphatic heterocycles. The van der Waals surface area contributed by atoms with E-state index in [2.05, 4.69) is 5.32 Å². The van der Waals surface area contributed by atoms with Gasteiger partial charge < -0.3 is 5.32 Å². The third-order valence-corrected chi connectivity index (χ3v) is 3.70. The molecular weight excluding hydrogens is 310 g/mol. The second kappa shape index (κ2) is 6.81. The Labute approximate surface area is 131 Å². The first kappa shape index (κ1) is 17.0. The van der Waals surface area contributed by atoms with E-state index >= 15 is 0 Å². The number of carbonyl (C=O) groups excluding carboxylic acids is 1. The van der Waals surface area contributed by atoms with E-state index in [0.29, 0.717) is 17.7 Å². The molecule has 0 aromatic heterocycles. The van der Waals surface area contributed by atoms with Gasteiger partial charge in [0.2, 0.25) is 0 Å². The molecule has 0 spiro atoms. The molecule has 1 N–H and O–H groups in total. The molecule has 0 fully saturated rings. The van der Waals surface area contributed by atoms with Crippen molar-refractivity contribution in [3.05, 3.63) is 64.7 Å². The van der Waals surface area contributed by atoms with E-state index in [4.69, 9.17) is 0 Å². The van der Waals surface area contributed by atoms with Gasteiger partial charge in [-0.25, -0.2) is 17.6 Å². The van der Waals surface area contributed by atoms with Crippen LogP contribution in [0.1, 0.15) is 42.1 Å². The molecule has 0 bridgehead atoms. The van der Waals surface area contributed by atoms with Crippen molar-refractivity contribution in [3.8, 4) is 0 Å². The molecule has 122 valence electrons. The molecule has 0 saturated heterocycles. The third kappa shape index (κ3) is 3.52. The van der Waals surface area contributed by atoms with E-state index < -0.39 is 34.7 Å². The van der Waals surface area contributed by atoms with Crippen molar-refractivity contribution < 1.29 is 22.4 Å². The van der Waals surface area contributed by atoms with Gasteiger partial charge in [-0.2, -0.15) is 0 Å². The zero-order valence-electron chi connectivity index (χ0n) is 12.6. The maximum absolute atomic E-state index is 13.6. The van der Waals surface area contributed by atoms with Gasteiger partial charge in [-0.05, 0) is 36.1 Å². The largest absolute Gasteiger partial charge is 0.322 e. The summed E-state index contributed by atoms with van der Waals surface area (Å²) in [6.45, 7) is 4.09. The van der Waals surface area contributed by atoms with Gasteiger partial charge in [-0.15, -0.1) is 0 Å². The van der Waals surface area contributed by atoms with Crippen molar-refractivity contribution in [2.45, 2.75) is 26.2 Å². The molecule has 2 aromatic carbocycles. The summed E-state index contributed by atoms with van der Waals surface area (Å²) in [4.78, 5) is 11.9. The fourth-order valence-electron chi connectivity index (χ4n) is 2.07. The number of hydrogen-bond acceptors (Lipinski definition) is 1. The van der Waals surface area contributed by atoms with Crippen LogP contribution >= 0.6 is 0 Å². The minimum Gasteiger partial charge on any atom is -0.322 e. The van der Waals surface area contributed by atoms with Gasteiger partial charge in [0.25, 0.3) is 5.91 Å². The maximum Gasteiger partial charge on any atom is 0.258 e. The second-order valence-electron chi connectivity index (χ2n) is 5.23. The lowest BCUT2D eigenvalue weighted by Crippen LogP contribution is -2.16. The van der Waals surface area contributed by atoms with Gasteiger partial charge >= 0.3 is 0 Å². The number of hydrogen-bond donors (Lipinski definition) is 1. The Bertz CT molecular complexity index is 728. The molecule has 0 heterocycles. The monoisotopic (exact) mass is 325 g/mol. The van der Waals surface area contributed by atoms with Crippen LogP contribution in [0.2, 0.25) is 0 Å². The first-order valence-corrected chi connectivity index (χ1v) is 7.09. The maximum atomic E-state index is 13.6. The van der Waals surface area contributed by atoms with Crippen molar-refractivity contribution in [3.63, 3.8) is 0 Å². The van der Waals surface area contributed by atoms with E-state index in [1.54, 1.807) is 24.3 Å². The predicted molar refractivity (Wildman–Crippen MR) is 79.4 cm³/mol. The van der Waals surface area contributed by atoms with E-state index in [0.717, 1.165) is 12.0 Å². The van der Waals surface area contributed by atoms with Gasteiger partial charge in [0.1, 0.15) is 0 Å². The zero-order chi connectivity index (χ0) is 17.1. The number of benzene rings is 2. The molecule has 0 saturated carbocycles. The van der Waals surface area contributed by atoms with Crippen molar-refractivity contribution >= 4 is 11.6 Å². The SMILES string of the molecule is CCC(C)c1ccc(NC(=O)c2cc(F)c(F)c(F)c2F)cc1. The van der Waals surface area contributed by atoms with Crippen LogP contribution in [-0.2, 0) is 0 Å². The first-order valence-electron chi connectivity index (χ1n) is 7.09. The highest BCUT2D eigenvalue weighted by Crippen LogP contribution is 2.22. The normalized spacial score (nSPS) is 12.1. The van der Waals surface area contributed by atoms with Crippen LogP contribution in [0.5, 0.6) is 0 Å². The second-order valence-corrected chi connectivity index (χ2v) is 5.23. The first-order chi connectivity index (χ1) is 10.8. The molecule has 2 nitrogen and oxygen atoms in total. The number of carbonyl (C=O) groups is 1. The fourth-order valence-corrected chi connectivity index (χ4v) is 2.07. The summed E-state index contributed by atoms with van der Waals surface area (Å²) in [6.07, 6.45) is 0.949. The van der Waals surface area contributed by atoms with Gasteiger partial charge in [0, 0.05) is 5.69 Å². The Kier molecular flexibility index (Phi) is 5.03. The Morgan fingerprint density at radius 1 is 1.04 bits per heavy atom. The molecule has 2 aromatic rings. The molecular formula is C17H15F4NO. The minimum absolute atomic E-state index is 0.330. The molecule has 0 aliphatic rings. The third-order valence-electron chi connectivity index (χ3n) is 3.70. The van der Waals surface area contributed by atoms with Crippen LogP contribution < -0.4 is 5.32 Å². The van der Waals surface area contributed by atoms with Crippen LogP contribution in [0.3, 0.4) is 0 Å². The average molecular weight is 325 g/mol. The lowest BCUT2D eigenvalue weighted by atomic mass is 9.98. The standard InChI is InChI=1S/C17H15F4NO/c1-3-9(2)10-4-6-11(7-5-10)22-17(23)12-8-13(18)15(20)16(21)14(12)19/h4-9H,3H2,1-2H3,(H,22,23). The number of rotatable bonds is 4. The molecule has 2 rings (SSSR count). The topological polar surface area (TPSA) is 29.1 Å². The summed E-state index contributed by atoms with van der Waals surface area (Å²) in [7, 11) is 0. The molecule has 0 aliphatic carbocycles. The summed E-state index contributed by atoms with van der Waals surface area (Å²) in [5.41, 5.74) is 0.509. The van der Waals surface area contributed by atoms with Crippen molar-refractivity contribution in [1.82, 2.24) is 0 Å². The Balaban J connectivity index is 2.23. The summed E-state index contributed by atoms with van der Waals surface area (Å²) >= 11 is 0. The molecule has 1 amide bonds. The smallest absolute Gasteiger partial charge is 0.258 e. The highest BCUT2D eigenvalue weighted by molar-refractivity contribution is 6.04. The lowest BCUT2D eigenvalue weighted by molar-refractivity contribution is 0.102. The highest BCUT2D eigenvalue weighted by atomic mass is 19.2. The van der Waals surface area contributed by atoms with E-state index in [9.17, 15) is 22.4 Å². The quantitative estimate of drug-likeness (QED) is 0.478. The molecule has 1 atom stereocenters. The fraction of sp³-hybridized carbons (Fsp3) is 0.235. The molecule has 1 unspecified atom stereocenters. The van der Waals surface area contributed by atoms with Crippen molar-refractivity contribution in [2.24, 2.45) is 0 Å². The van der Waals surface area contributed by atoms with E-state index in [-0.39, 0.29) is 0 Å². The van der Waals surface area contributed by atoms with Crippen LogP contribution in [-0.4, -0.2) is 5.91 Å². The highest BCUT2D eigenvalue weighted by Gasteiger charge is 2.23. The number of anilines is 1. The number of amides is 1. The average Bonchev–Trinajstić information content (AvgIpc) is 2.56. The van der Waals surface area contributed by atoms with Crippen molar-refractivity contribution in [2.75, 3.05) is 5.32 Å². The lowest BCUT2D eigenvalue weighted by Gasteiger charge is -2.11. The minimum atomic E-state index is -2.01. The summed E-state index contributed by atoms with van der Waals surface area (Å²) in [5, 5.41) is 2.32. The van der Waals surface area contributed by atoms with Crippen LogP contribution in [0.4, 0.5) is 23.2 Å². The summed E-state index contributed by atoms with van der Waals surface area (Å²) < 4.78 is 52.8. The Morgan fingerprint density at radius 3 is 2.22 bits per heavy atom. The van der Waals surface area contributed by atoms with Gasteiger partial charge in [-0.1, -0.05) is 26.0 Å². The van der Waals surface area contributed by atoms with Crippen LogP contribution in [0.25, 0.3) is 0 Å². The molecule has 23 heavy (non-hydrogen) atoms. The molecule has 6 heteroatoms. The number of nitrogens with one attached hydrogen (secondary N) is 1. The van der Waals surface area contributed by atoms with Crippen molar-refractivity contribution in [1.29, 1.82) is 0 Å². The Morgan fingerprint density at radius 2 is 1.65 bits per heavy atom. The molecule has 0 radical (unpaired) electrons. The number of halogens is 4. The van der Waals surface area contributed by atoms with Gasteiger partial charge in [0.15, 0.2) is 23.3 Å². The Hall–Kier alpha value is -2.37. The zero-order valence-corrected chi connectivity index (χ0v) is 12.6. The van der Waals surface area contributed by atoms with E-state index in [1.807, 2.05) is 13.8 Å². The van der Waals surface area contributed by atoms with Gasteiger partial charge in [-0.3, -0.25) is 4.79 Å². The van der Waals surface area contributed by atoms with Crippen LogP contribution in [0.15, 0.2) is 30.3 Å². The van der Waals surface area contributed by atoms with Gasteiger partial charge in [0.05, 0.1) is 5.56 Å².